The van der Waals surface area contributed by atoms with Crippen molar-refractivity contribution in [3.05, 3.63) is 24.3 Å². The first kappa shape index (κ1) is 17.0. The molecule has 1 atom stereocenters. The van der Waals surface area contributed by atoms with E-state index in [1.165, 1.54) is 6.92 Å². The molecule has 116 valence electrons. The molecule has 0 aliphatic rings. The van der Waals surface area contributed by atoms with E-state index in [9.17, 15) is 9.59 Å². The molecule has 5 heteroatoms. The summed E-state index contributed by atoms with van der Waals surface area (Å²) >= 11 is 0. The summed E-state index contributed by atoms with van der Waals surface area (Å²) < 4.78 is 5.46. The third kappa shape index (κ3) is 5.10. The molecule has 1 unspecified atom stereocenters. The predicted molar refractivity (Wildman–Crippen MR) is 83.4 cm³/mol. The highest BCUT2D eigenvalue weighted by Crippen LogP contribution is 2.23. The van der Waals surface area contributed by atoms with Crippen molar-refractivity contribution in [1.29, 1.82) is 0 Å². The van der Waals surface area contributed by atoms with Gasteiger partial charge in [-0.05, 0) is 32.4 Å². The summed E-state index contributed by atoms with van der Waals surface area (Å²) in [6.45, 7) is 7.86. The number of carbonyl (C=O) groups excluding carboxylic acids is 2. The van der Waals surface area contributed by atoms with Gasteiger partial charge in [0.15, 0.2) is 0 Å². The van der Waals surface area contributed by atoms with Gasteiger partial charge in [-0.3, -0.25) is 9.59 Å². The van der Waals surface area contributed by atoms with E-state index in [-0.39, 0.29) is 24.4 Å². The largest absolute Gasteiger partial charge is 0.492 e. The summed E-state index contributed by atoms with van der Waals surface area (Å²) in [6.07, 6.45) is 0.808. The molecule has 0 saturated carbocycles. The Bertz CT molecular complexity index is 488. The number of rotatable bonds is 7. The van der Waals surface area contributed by atoms with Crippen molar-refractivity contribution in [2.75, 3.05) is 18.5 Å². The third-order valence-electron chi connectivity index (χ3n) is 3.30. The van der Waals surface area contributed by atoms with Gasteiger partial charge in [-0.1, -0.05) is 19.1 Å². The van der Waals surface area contributed by atoms with Gasteiger partial charge >= 0.3 is 0 Å². The minimum absolute atomic E-state index is 0.0374. The zero-order chi connectivity index (χ0) is 15.8. The number of para-hydroxylation sites is 2. The van der Waals surface area contributed by atoms with Crippen LogP contribution in [0, 0.1) is 0 Å². The van der Waals surface area contributed by atoms with Crippen LogP contribution in [0.5, 0.6) is 5.75 Å². The lowest BCUT2D eigenvalue weighted by Gasteiger charge is -2.26. The van der Waals surface area contributed by atoms with Crippen LogP contribution < -0.4 is 10.1 Å². The number of amides is 2. The minimum atomic E-state index is -0.224. The first-order chi connectivity index (χ1) is 9.99. The highest BCUT2D eigenvalue weighted by molar-refractivity contribution is 5.95. The summed E-state index contributed by atoms with van der Waals surface area (Å²) in [4.78, 5) is 25.3. The monoisotopic (exact) mass is 292 g/mol. The normalized spacial score (nSPS) is 11.6. The first-order valence-corrected chi connectivity index (χ1v) is 7.28. The van der Waals surface area contributed by atoms with Gasteiger partial charge in [-0.2, -0.15) is 0 Å². The zero-order valence-corrected chi connectivity index (χ0v) is 13.2. The van der Waals surface area contributed by atoms with Gasteiger partial charge in [0.25, 0.3) is 0 Å². The number of anilines is 1. The Morgan fingerprint density at radius 2 is 1.95 bits per heavy atom. The quantitative estimate of drug-likeness (QED) is 0.840. The van der Waals surface area contributed by atoms with Gasteiger partial charge in [-0.15, -0.1) is 0 Å². The van der Waals surface area contributed by atoms with Crippen molar-refractivity contribution in [3.8, 4) is 5.75 Å². The van der Waals surface area contributed by atoms with Crippen molar-refractivity contribution in [2.24, 2.45) is 0 Å². The molecule has 1 rings (SSSR count). The molecule has 0 aromatic heterocycles. The maximum Gasteiger partial charge on any atom is 0.244 e. The molecule has 0 bridgehead atoms. The van der Waals surface area contributed by atoms with E-state index in [1.54, 1.807) is 17.0 Å². The van der Waals surface area contributed by atoms with Crippen LogP contribution in [0.15, 0.2) is 24.3 Å². The SMILES string of the molecule is CCOc1ccccc1NC(=O)CN(C(C)=O)C(C)CC. The van der Waals surface area contributed by atoms with Crippen LogP contribution in [0.3, 0.4) is 0 Å². The summed E-state index contributed by atoms with van der Waals surface area (Å²) in [5, 5.41) is 2.80. The highest BCUT2D eigenvalue weighted by atomic mass is 16.5. The van der Waals surface area contributed by atoms with Crippen LogP contribution in [0.4, 0.5) is 5.69 Å². The zero-order valence-electron chi connectivity index (χ0n) is 13.2. The fourth-order valence-corrected chi connectivity index (χ4v) is 1.99. The van der Waals surface area contributed by atoms with Crippen LogP contribution >= 0.6 is 0 Å². The fourth-order valence-electron chi connectivity index (χ4n) is 1.99. The molecular formula is C16H24N2O3. The minimum Gasteiger partial charge on any atom is -0.492 e. The molecule has 0 fully saturated rings. The number of nitrogens with zero attached hydrogens (tertiary/aromatic N) is 1. The van der Waals surface area contributed by atoms with Crippen LogP contribution in [0.1, 0.15) is 34.1 Å². The summed E-state index contributed by atoms with van der Waals surface area (Å²) in [5.74, 6) is 0.307. The number of hydrogen-bond acceptors (Lipinski definition) is 3. The second kappa shape index (κ2) is 8.29. The average Bonchev–Trinajstić information content (AvgIpc) is 2.46. The lowest BCUT2D eigenvalue weighted by molar-refractivity contribution is -0.134. The van der Waals surface area contributed by atoms with E-state index >= 15 is 0 Å². The van der Waals surface area contributed by atoms with E-state index in [0.717, 1.165) is 6.42 Å². The standard InChI is InChI=1S/C16H24N2O3/c1-5-12(3)18(13(4)19)11-16(20)17-14-9-7-8-10-15(14)21-6-2/h7-10,12H,5-6,11H2,1-4H3,(H,17,20). The second-order valence-corrected chi connectivity index (χ2v) is 4.88. The maximum atomic E-state index is 12.1. The lowest BCUT2D eigenvalue weighted by Crippen LogP contribution is -2.42. The summed E-state index contributed by atoms with van der Waals surface area (Å²) in [7, 11) is 0. The van der Waals surface area contributed by atoms with Crippen molar-refractivity contribution < 1.29 is 14.3 Å². The van der Waals surface area contributed by atoms with Crippen molar-refractivity contribution in [1.82, 2.24) is 4.90 Å². The molecule has 0 aliphatic heterocycles. The Balaban J connectivity index is 2.74. The Labute approximate surface area is 126 Å². The Kier molecular flexibility index (Phi) is 6.72. The molecule has 1 aromatic rings. The van der Waals surface area contributed by atoms with Gasteiger partial charge in [0.1, 0.15) is 12.3 Å². The van der Waals surface area contributed by atoms with Crippen molar-refractivity contribution in [2.45, 2.75) is 40.2 Å². The first-order valence-electron chi connectivity index (χ1n) is 7.28. The number of ether oxygens (including phenoxy) is 1. The van der Waals surface area contributed by atoms with Gasteiger partial charge in [-0.25, -0.2) is 0 Å². The summed E-state index contributed by atoms with van der Waals surface area (Å²) in [5.41, 5.74) is 0.622. The number of nitrogens with one attached hydrogen (secondary N) is 1. The molecule has 0 heterocycles. The van der Waals surface area contributed by atoms with Crippen LogP contribution in [0.2, 0.25) is 0 Å². The van der Waals surface area contributed by atoms with Gasteiger partial charge in [0, 0.05) is 13.0 Å². The van der Waals surface area contributed by atoms with E-state index in [4.69, 9.17) is 4.74 Å². The molecule has 5 nitrogen and oxygen atoms in total. The van der Waals surface area contributed by atoms with Crippen LogP contribution in [-0.2, 0) is 9.59 Å². The fraction of sp³-hybridized carbons (Fsp3) is 0.500. The molecule has 1 aromatic carbocycles. The topological polar surface area (TPSA) is 58.6 Å². The van der Waals surface area contributed by atoms with Crippen molar-refractivity contribution >= 4 is 17.5 Å². The molecule has 0 saturated heterocycles. The third-order valence-corrected chi connectivity index (χ3v) is 3.30. The number of benzene rings is 1. The molecule has 21 heavy (non-hydrogen) atoms. The smallest absolute Gasteiger partial charge is 0.244 e. The van der Waals surface area contributed by atoms with E-state index in [0.29, 0.717) is 18.0 Å². The Morgan fingerprint density at radius 3 is 2.52 bits per heavy atom. The molecule has 0 spiro atoms. The van der Waals surface area contributed by atoms with Crippen LogP contribution in [-0.4, -0.2) is 35.9 Å². The summed E-state index contributed by atoms with van der Waals surface area (Å²) in [6, 6.07) is 7.30. The molecule has 0 radical (unpaired) electrons. The van der Waals surface area contributed by atoms with Gasteiger partial charge < -0.3 is 15.0 Å². The van der Waals surface area contributed by atoms with Gasteiger partial charge in [0.2, 0.25) is 11.8 Å². The maximum absolute atomic E-state index is 12.1. The highest BCUT2D eigenvalue weighted by Gasteiger charge is 2.19. The lowest BCUT2D eigenvalue weighted by atomic mass is 10.2. The average molecular weight is 292 g/mol. The second-order valence-electron chi connectivity index (χ2n) is 4.88. The Morgan fingerprint density at radius 1 is 1.29 bits per heavy atom. The van der Waals surface area contributed by atoms with Gasteiger partial charge in [0.05, 0.1) is 12.3 Å². The van der Waals surface area contributed by atoms with Crippen molar-refractivity contribution in [3.63, 3.8) is 0 Å². The molecule has 1 N–H and O–H groups in total. The van der Waals surface area contributed by atoms with E-state index in [1.807, 2.05) is 32.9 Å². The predicted octanol–water partition coefficient (Wildman–Crippen LogP) is 2.67. The number of hydrogen-bond donors (Lipinski definition) is 1. The molecule has 2 amide bonds. The van der Waals surface area contributed by atoms with E-state index < -0.39 is 0 Å². The van der Waals surface area contributed by atoms with Crippen LogP contribution in [0.25, 0.3) is 0 Å². The molecule has 0 aliphatic carbocycles. The Hall–Kier alpha value is -2.04. The van der Waals surface area contributed by atoms with E-state index in [2.05, 4.69) is 5.32 Å². The number of carbonyl (C=O) groups is 2. The molecular weight excluding hydrogens is 268 g/mol.